The Labute approximate surface area is 296 Å². The van der Waals surface area contributed by atoms with Crippen molar-refractivity contribution in [2.75, 3.05) is 9.80 Å². The van der Waals surface area contributed by atoms with Gasteiger partial charge in [-0.3, -0.25) is 0 Å². The van der Waals surface area contributed by atoms with E-state index in [1.807, 2.05) is 11.3 Å². The zero-order valence-electron chi connectivity index (χ0n) is 30.4. The molecular formula is C44H57N2PS. The van der Waals surface area contributed by atoms with Crippen molar-refractivity contribution >= 4 is 36.7 Å². The Morgan fingerprint density at radius 3 is 1.60 bits per heavy atom. The third-order valence-electron chi connectivity index (χ3n) is 11.6. The molecule has 3 aromatic rings. The summed E-state index contributed by atoms with van der Waals surface area (Å²) in [6.07, 6.45) is 25.7. The molecule has 48 heavy (non-hydrogen) atoms. The summed E-state index contributed by atoms with van der Waals surface area (Å²) >= 11 is 1.90. The molecule has 0 bridgehead atoms. The highest BCUT2D eigenvalue weighted by atomic mass is 32.1. The van der Waals surface area contributed by atoms with E-state index in [0.29, 0.717) is 5.66 Å². The van der Waals surface area contributed by atoms with Crippen LogP contribution in [0.25, 0.3) is 6.08 Å². The number of benzene rings is 2. The van der Waals surface area contributed by atoms with Crippen molar-refractivity contribution in [3.8, 4) is 0 Å². The van der Waals surface area contributed by atoms with Crippen molar-refractivity contribution in [2.45, 2.75) is 142 Å². The maximum atomic E-state index is 2.63. The lowest BCUT2D eigenvalue weighted by molar-refractivity contribution is 0.479. The van der Waals surface area contributed by atoms with Crippen LogP contribution in [-0.2, 0) is 0 Å². The molecule has 1 unspecified atom stereocenters. The Balaban J connectivity index is 1.51. The van der Waals surface area contributed by atoms with Crippen LogP contribution >= 0.6 is 19.3 Å². The van der Waals surface area contributed by atoms with Crippen molar-refractivity contribution in [3.05, 3.63) is 109 Å². The first-order valence-corrected chi connectivity index (χ1v) is 21.4. The van der Waals surface area contributed by atoms with E-state index in [4.69, 9.17) is 0 Å². The predicted molar refractivity (Wildman–Crippen MR) is 213 cm³/mol. The molecule has 0 amide bonds. The molecule has 0 N–H and O–H groups in total. The maximum Gasteiger partial charge on any atom is 0.126 e. The van der Waals surface area contributed by atoms with Crippen molar-refractivity contribution < 1.29 is 0 Å². The average molecular weight is 677 g/mol. The molecule has 2 heterocycles. The predicted octanol–water partition coefficient (Wildman–Crippen LogP) is 13.4. The van der Waals surface area contributed by atoms with Crippen LogP contribution in [0.2, 0.25) is 0 Å². The normalized spacial score (nSPS) is 22.1. The molecule has 4 aliphatic rings. The topological polar surface area (TPSA) is 6.48 Å². The van der Waals surface area contributed by atoms with Gasteiger partial charge in [0.1, 0.15) is 5.82 Å². The van der Waals surface area contributed by atoms with Crippen LogP contribution in [0, 0.1) is 41.5 Å². The van der Waals surface area contributed by atoms with Gasteiger partial charge in [0, 0.05) is 28.5 Å². The van der Waals surface area contributed by atoms with Gasteiger partial charge in [0.25, 0.3) is 0 Å². The first-order valence-electron chi connectivity index (χ1n) is 19.0. The van der Waals surface area contributed by atoms with Gasteiger partial charge in [0.2, 0.25) is 0 Å². The maximum absolute atomic E-state index is 2.63. The second kappa shape index (κ2) is 14.7. The minimum atomic E-state index is -0.154. The van der Waals surface area contributed by atoms with Crippen molar-refractivity contribution in [3.63, 3.8) is 0 Å². The summed E-state index contributed by atoms with van der Waals surface area (Å²) in [4.78, 5) is 6.67. The fourth-order valence-corrected chi connectivity index (χ4v) is 15.2. The van der Waals surface area contributed by atoms with Crippen LogP contribution in [0.4, 0.5) is 11.4 Å². The summed E-state index contributed by atoms with van der Waals surface area (Å²) < 4.78 is 0. The zero-order chi connectivity index (χ0) is 33.4. The summed E-state index contributed by atoms with van der Waals surface area (Å²) in [5.41, 5.74) is 16.7. The van der Waals surface area contributed by atoms with Crippen LogP contribution in [0.1, 0.15) is 122 Å². The van der Waals surface area contributed by atoms with E-state index in [9.17, 15) is 0 Å². The third kappa shape index (κ3) is 6.76. The van der Waals surface area contributed by atoms with E-state index in [1.54, 1.807) is 11.1 Å². The Morgan fingerprint density at radius 2 is 1.15 bits per heavy atom. The molecule has 2 aromatic carbocycles. The van der Waals surface area contributed by atoms with Crippen molar-refractivity contribution in [1.29, 1.82) is 0 Å². The fourth-order valence-electron chi connectivity index (χ4n) is 9.95. The van der Waals surface area contributed by atoms with Gasteiger partial charge in [-0.25, -0.2) is 0 Å². The minimum absolute atomic E-state index is 0.154. The van der Waals surface area contributed by atoms with Gasteiger partial charge in [0.15, 0.2) is 0 Å². The number of allylic oxidation sites excluding steroid dienone is 2. The van der Waals surface area contributed by atoms with E-state index >= 15 is 0 Å². The van der Waals surface area contributed by atoms with Crippen LogP contribution in [0.3, 0.4) is 0 Å². The number of aryl methyl sites for hydroxylation is 6. The van der Waals surface area contributed by atoms with Gasteiger partial charge in [-0.05, 0) is 143 Å². The summed E-state index contributed by atoms with van der Waals surface area (Å²) in [6, 6.07) is 14.1. The van der Waals surface area contributed by atoms with Crippen LogP contribution in [0.15, 0.2) is 71.1 Å². The number of rotatable bonds is 6. The minimum Gasteiger partial charge on any atom is -0.301 e. The number of thiophene rings is 1. The third-order valence-corrected chi connectivity index (χ3v) is 16.4. The highest BCUT2D eigenvalue weighted by Crippen LogP contribution is 2.64. The Kier molecular flexibility index (Phi) is 10.4. The second-order valence-corrected chi connectivity index (χ2v) is 19.4. The highest BCUT2D eigenvalue weighted by Gasteiger charge is 2.43. The molecule has 1 aliphatic heterocycles. The van der Waals surface area contributed by atoms with Crippen LogP contribution in [0.5, 0.6) is 0 Å². The number of hydrogen-bond donors (Lipinski definition) is 0. The molecule has 7 rings (SSSR count). The van der Waals surface area contributed by atoms with Gasteiger partial charge in [-0.15, -0.1) is 11.3 Å². The summed E-state index contributed by atoms with van der Waals surface area (Å²) in [5.74, 6) is 1.42. The Hall–Kier alpha value is -2.61. The molecular weight excluding hydrogens is 620 g/mol. The summed E-state index contributed by atoms with van der Waals surface area (Å²) in [6.45, 7) is 13.8. The van der Waals surface area contributed by atoms with Crippen molar-refractivity contribution in [2.24, 2.45) is 0 Å². The molecule has 1 aromatic heterocycles. The van der Waals surface area contributed by atoms with E-state index in [-0.39, 0.29) is 7.92 Å². The van der Waals surface area contributed by atoms with E-state index in [0.717, 1.165) is 11.3 Å². The SMILES string of the molecule is Cc1cc(C)c(N2C=CN(c3c(C)cc(C)cc3C)C2=C2C(=Cc3cccs3)CCCC2P(C2CCCCC2)C2CCCCC2)c(C)c1. The zero-order valence-corrected chi connectivity index (χ0v) is 32.2. The monoisotopic (exact) mass is 676 g/mol. The van der Waals surface area contributed by atoms with Crippen molar-refractivity contribution in [1.82, 2.24) is 0 Å². The Bertz CT molecular complexity index is 1570. The van der Waals surface area contributed by atoms with Gasteiger partial charge < -0.3 is 9.80 Å². The smallest absolute Gasteiger partial charge is 0.126 e. The molecule has 3 saturated carbocycles. The quantitative estimate of drug-likeness (QED) is 0.240. The lowest BCUT2D eigenvalue weighted by atomic mass is 9.87. The largest absolute Gasteiger partial charge is 0.301 e. The molecule has 4 heteroatoms. The molecule has 3 aliphatic carbocycles. The fraction of sp³-hybridized carbons (Fsp3) is 0.500. The van der Waals surface area contributed by atoms with Crippen LogP contribution < -0.4 is 9.80 Å². The van der Waals surface area contributed by atoms with Crippen LogP contribution in [-0.4, -0.2) is 17.0 Å². The molecule has 0 radical (unpaired) electrons. The lowest BCUT2D eigenvalue weighted by Crippen LogP contribution is -2.35. The molecule has 3 fully saturated rings. The first-order chi connectivity index (χ1) is 23.3. The second-order valence-electron chi connectivity index (χ2n) is 15.4. The number of nitrogens with zero attached hydrogens (tertiary/aromatic N) is 2. The molecule has 2 nitrogen and oxygen atoms in total. The molecule has 1 atom stereocenters. The van der Waals surface area contributed by atoms with E-state index in [2.05, 4.69) is 112 Å². The van der Waals surface area contributed by atoms with E-state index < -0.39 is 0 Å². The molecule has 0 saturated heterocycles. The summed E-state index contributed by atoms with van der Waals surface area (Å²) in [5, 5.41) is 2.25. The van der Waals surface area contributed by atoms with Gasteiger partial charge >= 0.3 is 0 Å². The van der Waals surface area contributed by atoms with E-state index in [1.165, 1.54) is 139 Å². The van der Waals surface area contributed by atoms with Gasteiger partial charge in [0.05, 0.1) is 11.4 Å². The standard InChI is InChI=1S/C44H57N2PS/c1-30-25-32(3)42(33(4)26-30)45-22-23-46(43-34(5)27-31(2)28-35(43)6)44(45)41-36(29-39-20-14-24-48-39)15-13-21-40(41)47(37-16-9-7-10-17-37)38-18-11-8-12-19-38/h14,20,22-29,37-38,40H,7-13,15-19,21H2,1-6H3. The first kappa shape index (κ1) is 33.9. The molecule has 254 valence electrons. The lowest BCUT2D eigenvalue weighted by Gasteiger charge is -2.47. The highest BCUT2D eigenvalue weighted by molar-refractivity contribution is 7.60. The van der Waals surface area contributed by atoms with Gasteiger partial charge in [-0.2, -0.15) is 0 Å². The molecule has 0 spiro atoms. The number of hydrogen-bond acceptors (Lipinski definition) is 3. The van der Waals surface area contributed by atoms with Gasteiger partial charge in [-0.1, -0.05) is 87.9 Å². The summed E-state index contributed by atoms with van der Waals surface area (Å²) in [7, 11) is -0.154. The number of anilines is 2. The average Bonchev–Trinajstić information content (AvgIpc) is 3.72. The Morgan fingerprint density at radius 1 is 0.646 bits per heavy atom.